The second-order valence-corrected chi connectivity index (χ2v) is 6.58. The van der Waals surface area contributed by atoms with Crippen LogP contribution in [-0.2, 0) is 13.2 Å². The molecule has 2 aromatic carbocycles. The van der Waals surface area contributed by atoms with Crippen LogP contribution < -0.4 is 4.74 Å². The zero-order valence-electron chi connectivity index (χ0n) is 15.4. The van der Waals surface area contributed by atoms with Gasteiger partial charge in [0.15, 0.2) is 0 Å². The number of Topliss-reactive ketones (excluding diaryl/α,β-unsaturated/α-hetero) is 1. The van der Waals surface area contributed by atoms with Crippen LogP contribution in [0.25, 0.3) is 10.9 Å². The van der Waals surface area contributed by atoms with Crippen molar-refractivity contribution in [1.82, 2.24) is 4.98 Å². The SMILES string of the molecule is COc1cc(C(=O)C2=CCC(c3cc4ccccc4[nH]3)=N2)cc(CO)c1CO. The average Bonchev–Trinajstić information content (AvgIpc) is 3.38. The van der Waals surface area contributed by atoms with E-state index in [1.807, 2.05) is 30.3 Å². The number of aliphatic hydroxyl groups is 2. The zero-order valence-corrected chi connectivity index (χ0v) is 15.4. The van der Waals surface area contributed by atoms with Gasteiger partial charge in [-0.15, -0.1) is 0 Å². The molecule has 6 nitrogen and oxygen atoms in total. The standard InChI is InChI=1S/C22H20N2O4/c1-28-21-10-14(8-15(11-25)16(21)12-26)22(27)19-7-6-18(24-19)20-9-13-4-2-3-5-17(13)23-20/h2-5,7-10,23,25-26H,6,11-12H2,1H3. The number of rotatable bonds is 6. The Morgan fingerprint density at radius 1 is 1.18 bits per heavy atom. The lowest BCUT2D eigenvalue weighted by Crippen LogP contribution is -2.06. The lowest BCUT2D eigenvalue weighted by molar-refractivity contribution is 0.103. The fourth-order valence-corrected chi connectivity index (χ4v) is 3.46. The molecule has 0 aliphatic carbocycles. The van der Waals surface area contributed by atoms with Crippen LogP contribution in [0.3, 0.4) is 0 Å². The van der Waals surface area contributed by atoms with Crippen LogP contribution in [0.15, 0.2) is 59.2 Å². The number of allylic oxidation sites excluding steroid dienone is 2. The quantitative estimate of drug-likeness (QED) is 0.576. The van der Waals surface area contributed by atoms with E-state index in [1.165, 1.54) is 7.11 Å². The van der Waals surface area contributed by atoms with E-state index in [9.17, 15) is 15.0 Å². The minimum atomic E-state index is -0.296. The average molecular weight is 376 g/mol. The first-order valence-electron chi connectivity index (χ1n) is 8.96. The number of nitrogens with zero attached hydrogens (tertiary/aromatic N) is 1. The number of methoxy groups -OCH3 is 1. The molecule has 4 rings (SSSR count). The van der Waals surface area contributed by atoms with Crippen LogP contribution in [0.1, 0.15) is 33.6 Å². The Labute approximate surface area is 161 Å². The number of ether oxygens (including phenoxy) is 1. The van der Waals surface area contributed by atoms with Gasteiger partial charge >= 0.3 is 0 Å². The van der Waals surface area contributed by atoms with Gasteiger partial charge in [-0.3, -0.25) is 4.79 Å². The summed E-state index contributed by atoms with van der Waals surface area (Å²) in [6, 6.07) is 13.1. The molecule has 3 N–H and O–H groups in total. The lowest BCUT2D eigenvalue weighted by atomic mass is 10.00. The summed E-state index contributed by atoms with van der Waals surface area (Å²) in [5, 5.41) is 20.2. The number of H-pyrrole nitrogens is 1. The van der Waals surface area contributed by atoms with Gasteiger partial charge in [0.05, 0.1) is 31.7 Å². The maximum absolute atomic E-state index is 12.9. The maximum Gasteiger partial charge on any atom is 0.211 e. The molecule has 142 valence electrons. The fourth-order valence-electron chi connectivity index (χ4n) is 3.46. The van der Waals surface area contributed by atoms with E-state index in [0.717, 1.165) is 22.3 Å². The van der Waals surface area contributed by atoms with Crippen LogP contribution in [0.5, 0.6) is 5.75 Å². The van der Waals surface area contributed by atoms with E-state index in [-0.39, 0.29) is 19.0 Å². The lowest BCUT2D eigenvalue weighted by Gasteiger charge is -2.13. The molecule has 6 heteroatoms. The highest BCUT2D eigenvalue weighted by Gasteiger charge is 2.21. The third kappa shape index (κ3) is 3.13. The van der Waals surface area contributed by atoms with Gasteiger partial charge in [0.1, 0.15) is 11.4 Å². The van der Waals surface area contributed by atoms with Gasteiger partial charge in [-0.25, -0.2) is 4.99 Å². The number of hydrogen-bond donors (Lipinski definition) is 3. The molecule has 0 radical (unpaired) electrons. The minimum absolute atomic E-state index is 0.247. The zero-order chi connectivity index (χ0) is 19.7. The van der Waals surface area contributed by atoms with Crippen molar-refractivity contribution in [3.05, 3.63) is 76.6 Å². The van der Waals surface area contributed by atoms with E-state index in [1.54, 1.807) is 18.2 Å². The largest absolute Gasteiger partial charge is 0.496 e. The molecule has 0 saturated carbocycles. The molecule has 1 aliphatic heterocycles. The Hall–Kier alpha value is -3.22. The van der Waals surface area contributed by atoms with Crippen molar-refractivity contribution in [2.24, 2.45) is 4.99 Å². The van der Waals surface area contributed by atoms with E-state index in [4.69, 9.17) is 4.74 Å². The van der Waals surface area contributed by atoms with Crippen LogP contribution in [0.2, 0.25) is 0 Å². The second kappa shape index (κ2) is 7.42. The number of ketones is 1. The van der Waals surface area contributed by atoms with Crippen molar-refractivity contribution in [3.63, 3.8) is 0 Å². The molecule has 1 aromatic heterocycles. The van der Waals surface area contributed by atoms with E-state index < -0.39 is 0 Å². The molecule has 0 atom stereocenters. The Morgan fingerprint density at radius 3 is 2.71 bits per heavy atom. The third-order valence-corrected chi connectivity index (χ3v) is 4.93. The highest BCUT2D eigenvalue weighted by Crippen LogP contribution is 2.28. The van der Waals surface area contributed by atoms with E-state index >= 15 is 0 Å². The predicted molar refractivity (Wildman–Crippen MR) is 107 cm³/mol. The summed E-state index contributed by atoms with van der Waals surface area (Å²) in [4.78, 5) is 20.8. The highest BCUT2D eigenvalue weighted by atomic mass is 16.5. The first kappa shape index (κ1) is 18.2. The summed E-state index contributed by atoms with van der Waals surface area (Å²) in [6.45, 7) is -0.574. The summed E-state index contributed by atoms with van der Waals surface area (Å²) in [5.74, 6) is 0.124. The Bertz CT molecular complexity index is 1070. The fraction of sp³-hybridized carbons (Fsp3) is 0.182. The van der Waals surface area contributed by atoms with Gasteiger partial charge in [0.2, 0.25) is 5.78 Å². The number of nitrogens with one attached hydrogen (secondary N) is 1. The maximum atomic E-state index is 12.9. The number of aliphatic imine (C=N–C) groups is 1. The number of fused-ring (bicyclic) bond motifs is 1. The molecular formula is C22H20N2O4. The van der Waals surface area contributed by atoms with E-state index in [2.05, 4.69) is 9.98 Å². The molecule has 0 unspecified atom stereocenters. The van der Waals surface area contributed by atoms with Crippen molar-refractivity contribution in [2.45, 2.75) is 19.6 Å². The third-order valence-electron chi connectivity index (χ3n) is 4.93. The van der Waals surface area contributed by atoms with Gasteiger partial charge in [0.25, 0.3) is 0 Å². The highest BCUT2D eigenvalue weighted by molar-refractivity contribution is 6.15. The van der Waals surface area contributed by atoms with Gasteiger partial charge in [-0.2, -0.15) is 0 Å². The Balaban J connectivity index is 1.65. The number of para-hydroxylation sites is 1. The Kier molecular flexibility index (Phi) is 4.81. The monoisotopic (exact) mass is 376 g/mol. The number of hydrogen-bond acceptors (Lipinski definition) is 5. The van der Waals surface area contributed by atoms with Crippen LogP contribution >= 0.6 is 0 Å². The number of benzene rings is 2. The number of carbonyl (C=O) groups excluding carboxylic acids is 1. The molecule has 28 heavy (non-hydrogen) atoms. The second-order valence-electron chi connectivity index (χ2n) is 6.58. The van der Waals surface area contributed by atoms with Gasteiger partial charge < -0.3 is 19.9 Å². The Morgan fingerprint density at radius 2 is 2.00 bits per heavy atom. The van der Waals surface area contributed by atoms with Gasteiger partial charge in [0, 0.05) is 28.5 Å². The van der Waals surface area contributed by atoms with E-state index in [0.29, 0.717) is 34.6 Å². The molecule has 3 aromatic rings. The smallest absolute Gasteiger partial charge is 0.211 e. The van der Waals surface area contributed by atoms with Gasteiger partial charge in [-0.05, 0) is 35.9 Å². The summed E-state index contributed by atoms with van der Waals surface area (Å²) in [7, 11) is 1.46. The summed E-state index contributed by atoms with van der Waals surface area (Å²) in [5.41, 5.74) is 4.39. The van der Waals surface area contributed by atoms with Crippen LogP contribution in [0, 0.1) is 0 Å². The minimum Gasteiger partial charge on any atom is -0.496 e. The van der Waals surface area contributed by atoms with Crippen molar-refractivity contribution in [3.8, 4) is 5.75 Å². The topological polar surface area (TPSA) is 94.9 Å². The van der Waals surface area contributed by atoms with Crippen LogP contribution in [-0.4, -0.2) is 33.8 Å². The number of aromatic amines is 1. The molecule has 0 fully saturated rings. The molecule has 0 bridgehead atoms. The summed E-state index contributed by atoms with van der Waals surface area (Å²) < 4.78 is 5.27. The first-order valence-corrected chi connectivity index (χ1v) is 8.96. The van der Waals surface area contributed by atoms with Crippen LogP contribution in [0.4, 0.5) is 0 Å². The molecule has 0 saturated heterocycles. The molecule has 1 aliphatic rings. The molecule has 2 heterocycles. The van der Waals surface area contributed by atoms with Crippen molar-refractivity contribution >= 4 is 22.4 Å². The molecular weight excluding hydrogens is 356 g/mol. The first-order chi connectivity index (χ1) is 13.6. The molecule has 0 amide bonds. The normalized spacial score (nSPS) is 13.5. The van der Waals surface area contributed by atoms with Crippen molar-refractivity contribution in [2.75, 3.05) is 7.11 Å². The summed E-state index contributed by atoms with van der Waals surface area (Å²) in [6.07, 6.45) is 2.36. The number of carbonyl (C=O) groups is 1. The summed E-state index contributed by atoms with van der Waals surface area (Å²) >= 11 is 0. The number of aliphatic hydroxyl groups excluding tert-OH is 2. The van der Waals surface area contributed by atoms with Crippen molar-refractivity contribution in [1.29, 1.82) is 0 Å². The number of aromatic nitrogens is 1. The predicted octanol–water partition coefficient (Wildman–Crippen LogP) is 3.12. The van der Waals surface area contributed by atoms with Gasteiger partial charge in [-0.1, -0.05) is 18.2 Å². The molecule has 0 spiro atoms. The van der Waals surface area contributed by atoms with Crippen molar-refractivity contribution < 1.29 is 19.7 Å².